The number of carbonyl (C=O) groups is 2. The lowest BCUT2D eigenvalue weighted by atomic mass is 10.1. The third-order valence-corrected chi connectivity index (χ3v) is 4.37. The summed E-state index contributed by atoms with van der Waals surface area (Å²) < 4.78 is 22.5. The molecule has 168 valence electrons. The molecule has 8 nitrogen and oxygen atoms in total. The Morgan fingerprint density at radius 2 is 1.30 bits per heavy atom. The van der Waals surface area contributed by atoms with Crippen molar-refractivity contribution in [1.82, 2.24) is 9.80 Å². The molecule has 0 aliphatic carbocycles. The van der Waals surface area contributed by atoms with Crippen LogP contribution in [0.1, 0.15) is 51.9 Å². The summed E-state index contributed by atoms with van der Waals surface area (Å²) in [5.74, 6) is 1.35. The highest BCUT2D eigenvalue weighted by molar-refractivity contribution is 5.95. The van der Waals surface area contributed by atoms with E-state index in [-0.39, 0.29) is 12.0 Å². The van der Waals surface area contributed by atoms with Gasteiger partial charge in [0.1, 0.15) is 5.60 Å². The minimum Gasteiger partial charge on any atom is -0.490 e. The molecule has 0 aromatic heterocycles. The fraction of sp³-hybridized carbons (Fsp3) is 0.636. The lowest BCUT2D eigenvalue weighted by molar-refractivity contribution is 0.0141. The van der Waals surface area contributed by atoms with E-state index in [1.807, 2.05) is 41.5 Å². The quantitative estimate of drug-likeness (QED) is 0.668. The number of carbonyl (C=O) groups excluding carboxylic acids is 2. The maximum absolute atomic E-state index is 13.1. The van der Waals surface area contributed by atoms with Gasteiger partial charge in [-0.3, -0.25) is 4.79 Å². The maximum Gasteiger partial charge on any atom is 0.410 e. The first-order valence-electron chi connectivity index (χ1n) is 10.5. The van der Waals surface area contributed by atoms with Crippen LogP contribution in [-0.4, -0.2) is 73.4 Å². The minimum absolute atomic E-state index is 0.135. The zero-order chi connectivity index (χ0) is 22.3. The number of piperazine rings is 1. The van der Waals surface area contributed by atoms with Crippen LogP contribution in [0.4, 0.5) is 4.79 Å². The van der Waals surface area contributed by atoms with Gasteiger partial charge in [-0.2, -0.15) is 0 Å². The number of amides is 2. The molecule has 1 saturated heterocycles. The number of hydrogen-bond acceptors (Lipinski definition) is 6. The average Bonchev–Trinajstić information content (AvgIpc) is 2.69. The van der Waals surface area contributed by atoms with Gasteiger partial charge >= 0.3 is 6.09 Å². The number of nitrogens with zero attached hydrogens (tertiary/aromatic N) is 2. The molecule has 2 amide bonds. The van der Waals surface area contributed by atoms with Crippen molar-refractivity contribution in [3.63, 3.8) is 0 Å². The molecule has 0 atom stereocenters. The Balaban J connectivity index is 2.16. The molecule has 1 aromatic rings. The third-order valence-electron chi connectivity index (χ3n) is 4.37. The molecule has 1 aromatic carbocycles. The van der Waals surface area contributed by atoms with Crippen molar-refractivity contribution in [2.45, 2.75) is 47.1 Å². The summed E-state index contributed by atoms with van der Waals surface area (Å²) in [4.78, 5) is 28.7. The fourth-order valence-corrected chi connectivity index (χ4v) is 3.11. The van der Waals surface area contributed by atoms with Gasteiger partial charge in [-0.25, -0.2) is 4.79 Å². The van der Waals surface area contributed by atoms with E-state index in [2.05, 4.69) is 0 Å². The van der Waals surface area contributed by atoms with Gasteiger partial charge in [0.25, 0.3) is 5.91 Å². The standard InChI is InChI=1S/C22H34N2O6/c1-7-27-17-14-16(15-18(28-8-2)19(17)29-9-3)20(25)23-10-12-24(13-11-23)21(26)30-22(4,5)6/h14-15H,7-13H2,1-6H3. The predicted molar refractivity (Wildman–Crippen MR) is 114 cm³/mol. The average molecular weight is 423 g/mol. The van der Waals surface area contributed by atoms with E-state index in [0.29, 0.717) is 68.8 Å². The summed E-state index contributed by atoms with van der Waals surface area (Å²) in [5, 5.41) is 0. The van der Waals surface area contributed by atoms with Crippen LogP contribution in [0.15, 0.2) is 12.1 Å². The monoisotopic (exact) mass is 422 g/mol. The highest BCUT2D eigenvalue weighted by Gasteiger charge is 2.29. The predicted octanol–water partition coefficient (Wildman–Crippen LogP) is 3.58. The zero-order valence-electron chi connectivity index (χ0n) is 18.9. The van der Waals surface area contributed by atoms with Crippen LogP contribution >= 0.6 is 0 Å². The molecule has 30 heavy (non-hydrogen) atoms. The summed E-state index contributed by atoms with van der Waals surface area (Å²) in [5.41, 5.74) is -0.0754. The van der Waals surface area contributed by atoms with Crippen molar-refractivity contribution in [3.8, 4) is 17.2 Å². The van der Waals surface area contributed by atoms with Crippen molar-refractivity contribution in [3.05, 3.63) is 17.7 Å². The van der Waals surface area contributed by atoms with Crippen LogP contribution in [0.5, 0.6) is 17.2 Å². The van der Waals surface area contributed by atoms with E-state index < -0.39 is 5.60 Å². The van der Waals surface area contributed by atoms with E-state index in [9.17, 15) is 9.59 Å². The molecule has 1 fully saturated rings. The molecule has 0 spiro atoms. The van der Waals surface area contributed by atoms with Crippen molar-refractivity contribution in [1.29, 1.82) is 0 Å². The summed E-state index contributed by atoms with van der Waals surface area (Å²) >= 11 is 0. The Morgan fingerprint density at radius 1 is 0.833 bits per heavy atom. The van der Waals surface area contributed by atoms with Crippen molar-refractivity contribution in [2.75, 3.05) is 46.0 Å². The van der Waals surface area contributed by atoms with E-state index in [0.717, 1.165) is 0 Å². The third kappa shape index (κ3) is 6.18. The van der Waals surface area contributed by atoms with Crippen molar-refractivity contribution < 1.29 is 28.5 Å². The highest BCUT2D eigenvalue weighted by atomic mass is 16.6. The number of rotatable bonds is 7. The van der Waals surface area contributed by atoms with Crippen molar-refractivity contribution in [2.24, 2.45) is 0 Å². The van der Waals surface area contributed by atoms with E-state index >= 15 is 0 Å². The smallest absolute Gasteiger partial charge is 0.410 e. The normalized spacial score (nSPS) is 14.3. The SMILES string of the molecule is CCOc1cc(C(=O)N2CCN(C(=O)OC(C)(C)C)CC2)cc(OCC)c1OCC. The second-order valence-corrected chi connectivity index (χ2v) is 7.86. The zero-order valence-corrected chi connectivity index (χ0v) is 18.9. The molecule has 0 N–H and O–H groups in total. The Labute approximate surface area is 179 Å². The van der Waals surface area contributed by atoms with Gasteiger partial charge in [-0.1, -0.05) is 0 Å². The summed E-state index contributed by atoms with van der Waals surface area (Å²) in [6.45, 7) is 14.2. The lowest BCUT2D eigenvalue weighted by Crippen LogP contribution is -2.51. The van der Waals surface area contributed by atoms with Crippen LogP contribution in [0, 0.1) is 0 Å². The second kappa shape index (κ2) is 10.4. The Morgan fingerprint density at radius 3 is 1.73 bits per heavy atom. The van der Waals surface area contributed by atoms with Crippen molar-refractivity contribution >= 4 is 12.0 Å². The van der Waals surface area contributed by atoms with Gasteiger partial charge in [-0.15, -0.1) is 0 Å². The molecule has 8 heteroatoms. The summed E-state index contributed by atoms with van der Waals surface area (Å²) in [6.07, 6.45) is -0.354. The number of benzene rings is 1. The molecule has 2 rings (SSSR count). The van der Waals surface area contributed by atoms with E-state index in [4.69, 9.17) is 18.9 Å². The van der Waals surface area contributed by atoms with Crippen LogP contribution in [-0.2, 0) is 4.74 Å². The molecule has 1 heterocycles. The van der Waals surface area contributed by atoms with E-state index in [1.54, 1.807) is 21.9 Å². The maximum atomic E-state index is 13.1. The van der Waals surface area contributed by atoms with E-state index in [1.165, 1.54) is 0 Å². The molecular formula is C22H34N2O6. The molecule has 1 aliphatic rings. The Bertz CT molecular complexity index is 709. The minimum atomic E-state index is -0.544. The number of hydrogen-bond donors (Lipinski definition) is 0. The van der Waals surface area contributed by atoms with Crippen LogP contribution < -0.4 is 14.2 Å². The second-order valence-electron chi connectivity index (χ2n) is 7.86. The van der Waals surface area contributed by atoms with Crippen LogP contribution in [0.2, 0.25) is 0 Å². The molecule has 1 aliphatic heterocycles. The fourth-order valence-electron chi connectivity index (χ4n) is 3.11. The summed E-state index contributed by atoms with van der Waals surface area (Å²) in [6, 6.07) is 3.39. The first-order valence-corrected chi connectivity index (χ1v) is 10.5. The molecule has 0 unspecified atom stereocenters. The Hall–Kier alpha value is -2.64. The van der Waals surface area contributed by atoms with Gasteiger partial charge in [0.05, 0.1) is 19.8 Å². The van der Waals surface area contributed by atoms with Gasteiger partial charge < -0.3 is 28.7 Å². The first kappa shape index (κ1) is 23.6. The molecule has 0 bridgehead atoms. The molecule has 0 saturated carbocycles. The highest BCUT2D eigenvalue weighted by Crippen LogP contribution is 2.39. The van der Waals surface area contributed by atoms with Gasteiger partial charge in [0.15, 0.2) is 11.5 Å². The summed E-state index contributed by atoms with van der Waals surface area (Å²) in [7, 11) is 0. The van der Waals surface area contributed by atoms with Gasteiger partial charge in [0.2, 0.25) is 5.75 Å². The number of ether oxygens (including phenoxy) is 4. The van der Waals surface area contributed by atoms with Gasteiger partial charge in [-0.05, 0) is 53.7 Å². The first-order chi connectivity index (χ1) is 14.2. The lowest BCUT2D eigenvalue weighted by Gasteiger charge is -2.35. The Kier molecular flexibility index (Phi) is 8.20. The molecular weight excluding hydrogens is 388 g/mol. The van der Waals surface area contributed by atoms with Crippen LogP contribution in [0.3, 0.4) is 0 Å². The van der Waals surface area contributed by atoms with Gasteiger partial charge in [0, 0.05) is 31.7 Å². The molecule has 0 radical (unpaired) electrons. The largest absolute Gasteiger partial charge is 0.490 e. The topological polar surface area (TPSA) is 77.5 Å². The van der Waals surface area contributed by atoms with Crippen LogP contribution in [0.25, 0.3) is 0 Å².